The van der Waals surface area contributed by atoms with Crippen LogP contribution >= 0.6 is 0 Å². The van der Waals surface area contributed by atoms with E-state index in [-0.39, 0.29) is 12.1 Å². The van der Waals surface area contributed by atoms with Gasteiger partial charge >= 0.3 is 5.97 Å². The molecule has 0 aromatic heterocycles. The van der Waals surface area contributed by atoms with Crippen LogP contribution < -0.4 is 0 Å². The predicted molar refractivity (Wildman–Crippen MR) is 72.8 cm³/mol. The van der Waals surface area contributed by atoms with Gasteiger partial charge in [0.05, 0.1) is 0 Å². The Kier molecular flexibility index (Phi) is 4.93. The summed E-state index contributed by atoms with van der Waals surface area (Å²) in [5, 5.41) is 0. The molecule has 1 aliphatic rings. The maximum Gasteiger partial charge on any atom is 0.338 e. The van der Waals surface area contributed by atoms with Crippen LogP contribution in [0.1, 0.15) is 25.5 Å². The Balaban J connectivity index is 1.71. The molecule has 0 aliphatic carbocycles. The first-order valence-corrected chi connectivity index (χ1v) is 6.85. The second-order valence-electron chi connectivity index (χ2n) is 4.58. The number of benzene rings is 1. The van der Waals surface area contributed by atoms with Crippen molar-refractivity contribution in [3.8, 4) is 0 Å². The number of epoxide rings is 1. The van der Waals surface area contributed by atoms with E-state index < -0.39 is 6.10 Å². The van der Waals surface area contributed by atoms with Crippen LogP contribution in [-0.2, 0) is 14.3 Å². The minimum atomic E-state index is -0.417. The van der Waals surface area contributed by atoms with E-state index in [4.69, 9.17) is 9.47 Å². The molecule has 0 N–H and O–H groups in total. The summed E-state index contributed by atoms with van der Waals surface area (Å²) in [6.45, 7) is 7.35. The molecule has 0 spiro atoms. The van der Waals surface area contributed by atoms with Crippen LogP contribution in [0.4, 0.5) is 0 Å². The number of ether oxygens (including phenoxy) is 2. The minimum Gasteiger partial charge on any atom is -0.462 e. The molecule has 2 rings (SSSR count). The molecule has 1 aliphatic heterocycles. The second-order valence-corrected chi connectivity index (χ2v) is 4.58. The molecule has 19 heavy (non-hydrogen) atoms. The average molecular weight is 263 g/mol. The molecule has 4 heteroatoms. The topological polar surface area (TPSA) is 42.1 Å². The van der Waals surface area contributed by atoms with Crippen molar-refractivity contribution >= 4 is 5.97 Å². The minimum absolute atomic E-state index is 0.123. The van der Waals surface area contributed by atoms with Crippen LogP contribution in [0.5, 0.6) is 0 Å². The van der Waals surface area contributed by atoms with E-state index in [0.717, 1.165) is 25.2 Å². The van der Waals surface area contributed by atoms with E-state index in [1.54, 1.807) is 0 Å². The number of carbonyl (C=O) groups is 1. The third-order valence-corrected chi connectivity index (χ3v) is 3.40. The van der Waals surface area contributed by atoms with E-state index in [9.17, 15) is 4.79 Å². The fourth-order valence-electron chi connectivity index (χ4n) is 2.09. The van der Waals surface area contributed by atoms with Gasteiger partial charge in [0, 0.05) is 6.54 Å². The molecule has 1 fully saturated rings. The van der Waals surface area contributed by atoms with Gasteiger partial charge in [0.15, 0.2) is 6.10 Å². The van der Waals surface area contributed by atoms with Crippen molar-refractivity contribution in [2.75, 3.05) is 26.2 Å². The van der Waals surface area contributed by atoms with Gasteiger partial charge in [0.25, 0.3) is 0 Å². The van der Waals surface area contributed by atoms with Crippen LogP contribution in [0.2, 0.25) is 0 Å². The van der Waals surface area contributed by atoms with Gasteiger partial charge in [0.2, 0.25) is 0 Å². The smallest absolute Gasteiger partial charge is 0.338 e. The molecule has 104 valence electrons. The Morgan fingerprint density at radius 2 is 1.95 bits per heavy atom. The maximum atomic E-state index is 11.8. The molecule has 1 aromatic carbocycles. The molecule has 0 amide bonds. The van der Waals surface area contributed by atoms with E-state index in [1.807, 2.05) is 30.3 Å². The molecule has 0 saturated carbocycles. The van der Waals surface area contributed by atoms with Crippen molar-refractivity contribution < 1.29 is 14.3 Å². The van der Waals surface area contributed by atoms with Crippen molar-refractivity contribution in [1.29, 1.82) is 0 Å². The summed E-state index contributed by atoms with van der Waals surface area (Å²) < 4.78 is 10.6. The van der Waals surface area contributed by atoms with Crippen LogP contribution in [0.15, 0.2) is 30.3 Å². The van der Waals surface area contributed by atoms with Gasteiger partial charge in [-0.3, -0.25) is 0 Å². The monoisotopic (exact) mass is 263 g/mol. The zero-order chi connectivity index (χ0) is 13.7. The Morgan fingerprint density at radius 3 is 2.58 bits per heavy atom. The normalized spacial score (nSPS) is 21.4. The van der Waals surface area contributed by atoms with E-state index in [2.05, 4.69) is 18.7 Å². The van der Waals surface area contributed by atoms with E-state index >= 15 is 0 Å². The largest absolute Gasteiger partial charge is 0.462 e. The first kappa shape index (κ1) is 14.0. The Morgan fingerprint density at radius 1 is 1.26 bits per heavy atom. The predicted octanol–water partition coefficient (Wildman–Crippen LogP) is 2.01. The third kappa shape index (κ3) is 3.78. The van der Waals surface area contributed by atoms with Crippen molar-refractivity contribution in [1.82, 2.24) is 4.90 Å². The molecule has 4 nitrogen and oxygen atoms in total. The zero-order valence-corrected chi connectivity index (χ0v) is 11.5. The lowest BCUT2D eigenvalue weighted by Gasteiger charge is -2.17. The molecule has 2 unspecified atom stereocenters. The van der Waals surface area contributed by atoms with E-state index in [0.29, 0.717) is 6.61 Å². The standard InChI is InChI=1S/C15H21NO3/c1-3-16(4-2)10-11-18-15(17)14-13(19-14)12-8-6-5-7-9-12/h5-9,13-14H,3-4,10-11H2,1-2H3. The quantitative estimate of drug-likeness (QED) is 0.557. The first-order valence-electron chi connectivity index (χ1n) is 6.85. The summed E-state index contributed by atoms with van der Waals surface area (Å²) in [6.07, 6.45) is -0.541. The van der Waals surface area contributed by atoms with Gasteiger partial charge in [-0.25, -0.2) is 4.79 Å². The molecule has 1 aromatic rings. The SMILES string of the molecule is CCN(CC)CCOC(=O)C1OC1c1ccccc1. The number of nitrogens with zero attached hydrogens (tertiary/aromatic N) is 1. The van der Waals surface area contributed by atoms with Gasteiger partial charge < -0.3 is 14.4 Å². The number of rotatable bonds is 7. The second kappa shape index (κ2) is 6.68. The molecule has 1 saturated heterocycles. The Bertz CT molecular complexity index is 403. The summed E-state index contributed by atoms with van der Waals surface area (Å²) in [5.41, 5.74) is 1.04. The van der Waals surface area contributed by atoms with Crippen LogP contribution in [0, 0.1) is 0 Å². The summed E-state index contributed by atoms with van der Waals surface area (Å²) in [4.78, 5) is 14.0. The van der Waals surface area contributed by atoms with Crippen molar-refractivity contribution in [3.63, 3.8) is 0 Å². The number of hydrogen-bond donors (Lipinski definition) is 0. The fraction of sp³-hybridized carbons (Fsp3) is 0.533. The molecule has 1 heterocycles. The molecule has 0 radical (unpaired) electrons. The van der Waals surface area contributed by atoms with Gasteiger partial charge in [-0.1, -0.05) is 44.2 Å². The van der Waals surface area contributed by atoms with E-state index in [1.165, 1.54) is 0 Å². The first-order chi connectivity index (χ1) is 9.26. The summed E-state index contributed by atoms with van der Waals surface area (Å²) >= 11 is 0. The number of esters is 1. The fourth-order valence-corrected chi connectivity index (χ4v) is 2.09. The molecular formula is C15H21NO3. The van der Waals surface area contributed by atoms with Gasteiger partial charge in [0.1, 0.15) is 12.7 Å². The lowest BCUT2D eigenvalue weighted by molar-refractivity contribution is -0.145. The third-order valence-electron chi connectivity index (χ3n) is 3.40. The van der Waals surface area contributed by atoms with Gasteiger partial charge in [-0.2, -0.15) is 0 Å². The van der Waals surface area contributed by atoms with Crippen molar-refractivity contribution in [2.24, 2.45) is 0 Å². The highest BCUT2D eigenvalue weighted by molar-refractivity contribution is 5.78. The lowest BCUT2D eigenvalue weighted by Crippen LogP contribution is -2.28. The Labute approximate surface area is 114 Å². The number of likely N-dealkylation sites (N-methyl/N-ethyl adjacent to an activating group) is 1. The molecular weight excluding hydrogens is 242 g/mol. The highest BCUT2D eigenvalue weighted by Gasteiger charge is 2.47. The summed E-state index contributed by atoms with van der Waals surface area (Å²) in [5.74, 6) is -0.249. The van der Waals surface area contributed by atoms with Gasteiger partial charge in [-0.15, -0.1) is 0 Å². The van der Waals surface area contributed by atoms with Crippen molar-refractivity contribution in [2.45, 2.75) is 26.1 Å². The molecule has 0 bridgehead atoms. The number of hydrogen-bond acceptors (Lipinski definition) is 4. The van der Waals surface area contributed by atoms with Gasteiger partial charge in [-0.05, 0) is 18.7 Å². The van der Waals surface area contributed by atoms with Crippen LogP contribution in [0.3, 0.4) is 0 Å². The molecule has 2 atom stereocenters. The highest BCUT2D eigenvalue weighted by atomic mass is 16.6. The summed E-state index contributed by atoms with van der Waals surface area (Å²) in [7, 11) is 0. The van der Waals surface area contributed by atoms with Crippen molar-refractivity contribution in [3.05, 3.63) is 35.9 Å². The highest BCUT2D eigenvalue weighted by Crippen LogP contribution is 2.39. The number of carbonyl (C=O) groups excluding carboxylic acids is 1. The van der Waals surface area contributed by atoms with Crippen LogP contribution in [-0.4, -0.2) is 43.2 Å². The zero-order valence-electron chi connectivity index (χ0n) is 11.5. The average Bonchev–Trinajstić information content (AvgIpc) is 3.25. The Hall–Kier alpha value is -1.39. The summed E-state index contributed by atoms with van der Waals surface area (Å²) in [6, 6.07) is 9.77. The van der Waals surface area contributed by atoms with Crippen LogP contribution in [0.25, 0.3) is 0 Å². The lowest BCUT2D eigenvalue weighted by atomic mass is 10.1. The maximum absolute atomic E-state index is 11.8.